The van der Waals surface area contributed by atoms with Gasteiger partial charge >= 0.3 is 5.97 Å². The largest absolute Gasteiger partial charge is 0.478 e. The second kappa shape index (κ2) is 7.62. The molecule has 2 aromatic heterocycles. The molecular weight excluding hydrogens is 456 g/mol. The van der Waals surface area contributed by atoms with E-state index in [-0.39, 0.29) is 5.56 Å². The number of carboxylic acid groups (broad SMARTS) is 1. The number of carbonyl (C=O) groups is 1. The molecule has 2 heterocycles. The summed E-state index contributed by atoms with van der Waals surface area (Å²) in [4.78, 5) is 16.4. The first-order valence-corrected chi connectivity index (χ1v) is 11.0. The minimum atomic E-state index is -0.960. The molecule has 6 heteroatoms. The zero-order valence-corrected chi connectivity index (χ0v) is 18.5. The van der Waals surface area contributed by atoms with Crippen LogP contribution in [0, 0.1) is 6.92 Å². The summed E-state index contributed by atoms with van der Waals surface area (Å²) in [6, 6.07) is 18.2. The number of aromatic nitrogens is 2. The van der Waals surface area contributed by atoms with Crippen LogP contribution in [0.25, 0.3) is 16.8 Å². The van der Waals surface area contributed by atoms with Gasteiger partial charge in [-0.25, -0.2) is 9.78 Å². The van der Waals surface area contributed by atoms with Gasteiger partial charge in [0, 0.05) is 5.92 Å². The van der Waals surface area contributed by atoms with Crippen LogP contribution in [0.5, 0.6) is 0 Å². The zero-order chi connectivity index (χ0) is 21.7. The standard InChI is InChI=1S/C25H21BrN2O3/c1-14-6-13-20(28-23(26)21(16-9-10-16)27-24(14)28)22(29)17-11-7-15(8-12-17)18-4-2-3-5-19(18)25(30)31/h2-8,11-13,16,22,29H,9-10H2,1H3,(H,30,31). The highest BCUT2D eigenvalue weighted by Gasteiger charge is 2.31. The van der Waals surface area contributed by atoms with Crippen LogP contribution in [0.3, 0.4) is 0 Å². The summed E-state index contributed by atoms with van der Waals surface area (Å²) in [5.74, 6) is -0.467. The van der Waals surface area contributed by atoms with Crippen molar-refractivity contribution in [3.05, 3.63) is 93.3 Å². The minimum absolute atomic E-state index is 0.256. The molecule has 1 saturated carbocycles. The minimum Gasteiger partial charge on any atom is -0.478 e. The Bertz CT molecular complexity index is 1310. The fraction of sp³-hybridized carbons (Fsp3) is 0.200. The molecule has 1 aliphatic rings. The molecule has 1 aliphatic carbocycles. The lowest BCUT2D eigenvalue weighted by Crippen LogP contribution is -2.07. The van der Waals surface area contributed by atoms with Crippen LogP contribution in [0.2, 0.25) is 0 Å². The number of rotatable bonds is 5. The number of nitrogens with zero attached hydrogens (tertiary/aromatic N) is 2. The van der Waals surface area contributed by atoms with E-state index in [4.69, 9.17) is 4.98 Å². The molecule has 2 aromatic carbocycles. The Kier molecular flexibility index (Phi) is 4.91. The van der Waals surface area contributed by atoms with Crippen LogP contribution < -0.4 is 0 Å². The van der Waals surface area contributed by atoms with Gasteiger partial charge in [0.15, 0.2) is 0 Å². The Morgan fingerprint density at radius 3 is 2.48 bits per heavy atom. The predicted molar refractivity (Wildman–Crippen MR) is 123 cm³/mol. The molecule has 0 spiro atoms. The maximum atomic E-state index is 11.5. The third-order valence-corrected chi connectivity index (χ3v) is 6.66. The smallest absolute Gasteiger partial charge is 0.336 e. The number of aliphatic hydroxyl groups is 1. The highest BCUT2D eigenvalue weighted by atomic mass is 79.9. The van der Waals surface area contributed by atoms with Gasteiger partial charge in [0.2, 0.25) is 0 Å². The first-order chi connectivity index (χ1) is 15.0. The van der Waals surface area contributed by atoms with Gasteiger partial charge in [-0.3, -0.25) is 4.40 Å². The number of aryl methyl sites for hydroxylation is 1. The molecule has 1 fully saturated rings. The lowest BCUT2D eigenvalue weighted by Gasteiger charge is -2.16. The number of hydrogen-bond acceptors (Lipinski definition) is 3. The van der Waals surface area contributed by atoms with E-state index in [2.05, 4.69) is 15.9 Å². The molecule has 156 valence electrons. The SMILES string of the molecule is Cc1ccc(C(O)c2ccc(-c3ccccc3C(=O)O)cc2)n2c(Br)c(C3CC3)nc12. The maximum Gasteiger partial charge on any atom is 0.336 e. The van der Waals surface area contributed by atoms with Crippen molar-refractivity contribution in [3.8, 4) is 11.1 Å². The molecule has 0 saturated heterocycles. The Morgan fingerprint density at radius 2 is 1.81 bits per heavy atom. The van der Waals surface area contributed by atoms with Crippen molar-refractivity contribution >= 4 is 27.5 Å². The van der Waals surface area contributed by atoms with Gasteiger partial charge in [-0.05, 0) is 70.1 Å². The van der Waals surface area contributed by atoms with Crippen molar-refractivity contribution in [2.75, 3.05) is 0 Å². The van der Waals surface area contributed by atoms with Crippen LogP contribution in [-0.4, -0.2) is 25.6 Å². The van der Waals surface area contributed by atoms with Gasteiger partial charge in [-0.1, -0.05) is 48.5 Å². The highest BCUT2D eigenvalue weighted by molar-refractivity contribution is 9.10. The monoisotopic (exact) mass is 476 g/mol. The van der Waals surface area contributed by atoms with E-state index in [0.717, 1.165) is 51.2 Å². The molecule has 31 heavy (non-hydrogen) atoms. The lowest BCUT2D eigenvalue weighted by atomic mass is 9.97. The van der Waals surface area contributed by atoms with E-state index in [1.807, 2.05) is 53.8 Å². The summed E-state index contributed by atoms with van der Waals surface area (Å²) in [5, 5.41) is 20.7. The van der Waals surface area contributed by atoms with Crippen LogP contribution in [0.1, 0.15) is 57.7 Å². The third kappa shape index (κ3) is 3.46. The molecule has 1 unspecified atom stereocenters. The number of imidazole rings is 1. The Balaban J connectivity index is 1.54. The van der Waals surface area contributed by atoms with Crippen molar-refractivity contribution in [1.29, 1.82) is 0 Å². The zero-order valence-electron chi connectivity index (χ0n) is 16.9. The number of hydrogen-bond donors (Lipinski definition) is 2. The number of benzene rings is 2. The van der Waals surface area contributed by atoms with Gasteiger partial charge in [0.1, 0.15) is 16.4 Å². The molecule has 5 rings (SSSR count). The lowest BCUT2D eigenvalue weighted by molar-refractivity contribution is 0.0697. The molecule has 0 amide bonds. The van der Waals surface area contributed by atoms with Gasteiger partial charge in [-0.2, -0.15) is 0 Å². The number of pyridine rings is 1. The second-order valence-corrected chi connectivity index (χ2v) is 8.79. The first kappa shape index (κ1) is 20.0. The van der Waals surface area contributed by atoms with E-state index < -0.39 is 12.1 Å². The summed E-state index contributed by atoms with van der Waals surface area (Å²) >= 11 is 3.72. The first-order valence-electron chi connectivity index (χ1n) is 10.2. The van der Waals surface area contributed by atoms with E-state index in [1.54, 1.807) is 18.2 Å². The normalized spacial score (nSPS) is 14.7. The average Bonchev–Trinajstić information content (AvgIpc) is 3.57. The van der Waals surface area contributed by atoms with Gasteiger partial charge in [0.25, 0.3) is 0 Å². The number of carboxylic acids is 1. The molecule has 0 radical (unpaired) electrons. The van der Waals surface area contributed by atoms with Gasteiger partial charge in [-0.15, -0.1) is 0 Å². The Hall–Kier alpha value is -2.96. The van der Waals surface area contributed by atoms with Crippen LogP contribution in [0.4, 0.5) is 0 Å². The van der Waals surface area contributed by atoms with Crippen LogP contribution >= 0.6 is 15.9 Å². The van der Waals surface area contributed by atoms with E-state index in [9.17, 15) is 15.0 Å². The number of fused-ring (bicyclic) bond motifs is 1. The van der Waals surface area contributed by atoms with Crippen molar-refractivity contribution < 1.29 is 15.0 Å². The molecule has 0 aliphatic heterocycles. The molecule has 1 atom stereocenters. The van der Waals surface area contributed by atoms with E-state index >= 15 is 0 Å². The van der Waals surface area contributed by atoms with Crippen molar-refractivity contribution in [2.45, 2.75) is 31.8 Å². The molecule has 0 bridgehead atoms. The third-order valence-electron chi connectivity index (χ3n) is 5.90. The Morgan fingerprint density at radius 1 is 1.10 bits per heavy atom. The average molecular weight is 477 g/mol. The summed E-state index contributed by atoms with van der Waals surface area (Å²) in [6.07, 6.45) is 1.46. The van der Waals surface area contributed by atoms with Crippen molar-refractivity contribution in [2.24, 2.45) is 0 Å². The number of aromatic carboxylic acids is 1. The fourth-order valence-electron chi connectivity index (χ4n) is 4.04. The summed E-state index contributed by atoms with van der Waals surface area (Å²) in [5.41, 5.74) is 6.15. The second-order valence-electron chi connectivity index (χ2n) is 8.04. The van der Waals surface area contributed by atoms with Gasteiger partial charge < -0.3 is 10.2 Å². The number of halogens is 1. The van der Waals surface area contributed by atoms with Crippen LogP contribution in [-0.2, 0) is 0 Å². The summed E-state index contributed by atoms with van der Waals surface area (Å²) in [6.45, 7) is 2.02. The molecule has 2 N–H and O–H groups in total. The maximum absolute atomic E-state index is 11.5. The van der Waals surface area contributed by atoms with Crippen molar-refractivity contribution in [3.63, 3.8) is 0 Å². The summed E-state index contributed by atoms with van der Waals surface area (Å²) < 4.78 is 2.91. The molecular formula is C25H21BrN2O3. The number of aliphatic hydroxyl groups excluding tert-OH is 1. The fourth-order valence-corrected chi connectivity index (χ4v) is 4.83. The van der Waals surface area contributed by atoms with E-state index in [0.29, 0.717) is 11.5 Å². The quantitative estimate of drug-likeness (QED) is 0.385. The summed E-state index contributed by atoms with van der Waals surface area (Å²) in [7, 11) is 0. The molecule has 5 nitrogen and oxygen atoms in total. The highest BCUT2D eigenvalue weighted by Crippen LogP contribution is 2.44. The van der Waals surface area contributed by atoms with E-state index in [1.165, 1.54) is 0 Å². The van der Waals surface area contributed by atoms with Crippen LogP contribution in [0.15, 0.2) is 65.3 Å². The van der Waals surface area contributed by atoms with Crippen molar-refractivity contribution in [1.82, 2.24) is 9.38 Å². The Labute approximate surface area is 188 Å². The van der Waals surface area contributed by atoms with Gasteiger partial charge in [0.05, 0.1) is 17.0 Å². The molecule has 4 aromatic rings. The predicted octanol–water partition coefficient (Wildman–Crippen LogP) is 5.73. The topological polar surface area (TPSA) is 74.8 Å².